The van der Waals surface area contributed by atoms with Gasteiger partial charge in [-0.15, -0.1) is 0 Å². The second kappa shape index (κ2) is 10.4. The van der Waals surface area contributed by atoms with Crippen LogP contribution >= 0.6 is 7.92 Å². The minimum atomic E-state index is -1.23. The lowest BCUT2D eigenvalue weighted by atomic mass is 9.91. The van der Waals surface area contributed by atoms with E-state index in [1.54, 1.807) is 0 Å². The summed E-state index contributed by atoms with van der Waals surface area (Å²) < 4.78 is 29.8. The van der Waals surface area contributed by atoms with E-state index in [9.17, 15) is 18.7 Å². The molecular formula is C31H23F2O2P. The Morgan fingerprint density at radius 3 is 1.94 bits per heavy atom. The van der Waals surface area contributed by atoms with Crippen LogP contribution in [0.2, 0.25) is 0 Å². The van der Waals surface area contributed by atoms with Crippen LogP contribution < -0.4 is 15.9 Å². The van der Waals surface area contributed by atoms with Crippen LogP contribution in [0.25, 0.3) is 21.9 Å². The van der Waals surface area contributed by atoms with Gasteiger partial charge in [0.05, 0.1) is 0 Å². The number of hydrogen-bond donors (Lipinski definition) is 1. The molecule has 0 saturated carbocycles. The predicted molar refractivity (Wildman–Crippen MR) is 144 cm³/mol. The van der Waals surface area contributed by atoms with Crippen molar-refractivity contribution in [2.75, 3.05) is 0 Å². The van der Waals surface area contributed by atoms with Crippen LogP contribution in [0.4, 0.5) is 8.78 Å². The largest absolute Gasteiger partial charge is 0.481 e. The van der Waals surface area contributed by atoms with Gasteiger partial charge in [-0.05, 0) is 69.9 Å². The summed E-state index contributed by atoms with van der Waals surface area (Å²) in [6, 6.07) is 33.9. The van der Waals surface area contributed by atoms with Crippen LogP contribution in [0.5, 0.6) is 0 Å². The molecule has 0 spiro atoms. The lowest BCUT2D eigenvalue weighted by Gasteiger charge is -2.24. The number of aliphatic carboxylic acids is 1. The van der Waals surface area contributed by atoms with E-state index >= 15 is 0 Å². The topological polar surface area (TPSA) is 37.3 Å². The highest BCUT2D eigenvalue weighted by Gasteiger charge is 2.25. The van der Waals surface area contributed by atoms with Crippen LogP contribution in [0.3, 0.4) is 0 Å². The molecule has 0 heterocycles. The van der Waals surface area contributed by atoms with Crippen molar-refractivity contribution < 1.29 is 18.7 Å². The summed E-state index contributed by atoms with van der Waals surface area (Å²) in [5, 5.41) is 13.9. The number of fused-ring (bicyclic) bond motifs is 1. The Labute approximate surface area is 209 Å². The molecule has 0 atom stereocenters. The zero-order valence-corrected chi connectivity index (χ0v) is 20.3. The molecule has 0 aliphatic carbocycles. The maximum atomic E-state index is 14.9. The van der Waals surface area contributed by atoms with Crippen molar-refractivity contribution in [3.63, 3.8) is 0 Å². The summed E-state index contributed by atoms with van der Waals surface area (Å²) in [7, 11) is -1.23. The molecule has 0 aliphatic heterocycles. The highest BCUT2D eigenvalue weighted by Crippen LogP contribution is 2.41. The summed E-state index contributed by atoms with van der Waals surface area (Å²) >= 11 is 0. The Balaban J connectivity index is 1.84. The molecule has 0 radical (unpaired) electrons. The number of carbonyl (C=O) groups is 1. The monoisotopic (exact) mass is 496 g/mol. The molecule has 1 N–H and O–H groups in total. The third-order valence-electron chi connectivity index (χ3n) is 6.20. The van der Waals surface area contributed by atoms with Crippen molar-refractivity contribution in [3.8, 4) is 11.1 Å². The molecular weight excluding hydrogens is 473 g/mol. The summed E-state index contributed by atoms with van der Waals surface area (Å²) in [4.78, 5) is 11.4. The van der Waals surface area contributed by atoms with E-state index in [0.29, 0.717) is 10.9 Å². The van der Waals surface area contributed by atoms with Crippen LogP contribution in [0, 0.1) is 11.6 Å². The molecule has 0 aromatic heterocycles. The van der Waals surface area contributed by atoms with Gasteiger partial charge < -0.3 is 5.11 Å². The Kier molecular flexibility index (Phi) is 6.88. The summed E-state index contributed by atoms with van der Waals surface area (Å²) in [5.74, 6) is -2.74. The number of benzene rings is 5. The number of aryl methyl sites for hydroxylation is 1. The molecule has 2 nitrogen and oxygen atoms in total. The molecule has 36 heavy (non-hydrogen) atoms. The van der Waals surface area contributed by atoms with E-state index in [1.165, 1.54) is 12.1 Å². The number of carboxylic acid groups (broad SMARTS) is 1. The van der Waals surface area contributed by atoms with E-state index in [2.05, 4.69) is 0 Å². The average Bonchev–Trinajstić information content (AvgIpc) is 2.90. The first-order chi connectivity index (χ1) is 17.5. The van der Waals surface area contributed by atoms with Gasteiger partial charge in [0, 0.05) is 6.42 Å². The number of carboxylic acids is 1. The Bertz CT molecular complexity index is 1500. The molecule has 0 unspecified atom stereocenters. The van der Waals surface area contributed by atoms with Gasteiger partial charge in [-0.2, -0.15) is 0 Å². The van der Waals surface area contributed by atoms with E-state index < -0.39 is 25.5 Å². The molecule has 178 valence electrons. The summed E-state index contributed by atoms with van der Waals surface area (Å²) in [5.41, 5.74) is 2.13. The average molecular weight is 496 g/mol. The second-order valence-corrected chi connectivity index (χ2v) is 10.7. The lowest BCUT2D eigenvalue weighted by Crippen LogP contribution is -2.23. The molecule has 0 fully saturated rings. The highest BCUT2D eigenvalue weighted by molar-refractivity contribution is 7.80. The van der Waals surface area contributed by atoms with Crippen molar-refractivity contribution in [1.82, 2.24) is 0 Å². The van der Waals surface area contributed by atoms with Gasteiger partial charge >= 0.3 is 5.97 Å². The van der Waals surface area contributed by atoms with Gasteiger partial charge in [-0.1, -0.05) is 97.1 Å². The van der Waals surface area contributed by atoms with E-state index in [0.717, 1.165) is 32.5 Å². The zero-order valence-electron chi connectivity index (χ0n) is 19.4. The number of halogens is 2. The smallest absolute Gasteiger partial charge is 0.303 e. The summed E-state index contributed by atoms with van der Waals surface area (Å²) in [6.07, 6.45) is 0.221. The molecule has 0 saturated heterocycles. The van der Waals surface area contributed by atoms with Crippen LogP contribution in [0.15, 0.2) is 109 Å². The van der Waals surface area contributed by atoms with Crippen molar-refractivity contribution in [3.05, 3.63) is 126 Å². The maximum absolute atomic E-state index is 14.9. The minimum Gasteiger partial charge on any atom is -0.481 e. The minimum absolute atomic E-state index is 0.0590. The van der Waals surface area contributed by atoms with Gasteiger partial charge in [0.1, 0.15) is 0 Å². The fourth-order valence-electron chi connectivity index (χ4n) is 4.59. The first-order valence-electron chi connectivity index (χ1n) is 11.6. The van der Waals surface area contributed by atoms with E-state index in [-0.39, 0.29) is 12.8 Å². The molecule has 0 bridgehead atoms. The Hall–Kier alpha value is -3.88. The third kappa shape index (κ3) is 4.78. The maximum Gasteiger partial charge on any atom is 0.303 e. The summed E-state index contributed by atoms with van der Waals surface area (Å²) in [6.45, 7) is 0. The molecule has 5 aromatic carbocycles. The third-order valence-corrected chi connectivity index (χ3v) is 8.68. The van der Waals surface area contributed by atoms with E-state index in [4.69, 9.17) is 0 Å². The first kappa shape index (κ1) is 23.8. The zero-order chi connectivity index (χ0) is 25.1. The van der Waals surface area contributed by atoms with Gasteiger partial charge in [0.25, 0.3) is 0 Å². The van der Waals surface area contributed by atoms with Crippen LogP contribution in [-0.4, -0.2) is 11.1 Å². The second-order valence-electron chi connectivity index (χ2n) is 8.50. The number of rotatable bonds is 7. The fourth-order valence-corrected chi connectivity index (χ4v) is 7.04. The Morgan fingerprint density at radius 2 is 1.31 bits per heavy atom. The number of hydrogen-bond acceptors (Lipinski definition) is 1. The molecule has 5 rings (SSSR count). The van der Waals surface area contributed by atoms with Crippen LogP contribution in [0.1, 0.15) is 12.0 Å². The SMILES string of the molecule is O=C(O)CCc1ccc2ccccc2c1-c1cc(F)c(F)cc1P(c1ccccc1)c1ccccc1. The van der Waals surface area contributed by atoms with Gasteiger partial charge in [-0.3, -0.25) is 4.79 Å². The quantitative estimate of drug-likeness (QED) is 0.259. The molecule has 0 aliphatic rings. The fraction of sp³-hybridized carbons (Fsp3) is 0.0645. The van der Waals surface area contributed by atoms with Gasteiger partial charge in [0.2, 0.25) is 0 Å². The van der Waals surface area contributed by atoms with Gasteiger partial charge in [-0.25, -0.2) is 8.78 Å². The highest BCUT2D eigenvalue weighted by atomic mass is 31.1. The van der Waals surface area contributed by atoms with Crippen molar-refractivity contribution >= 4 is 40.6 Å². The van der Waals surface area contributed by atoms with Gasteiger partial charge in [0.15, 0.2) is 11.6 Å². The first-order valence-corrected chi connectivity index (χ1v) is 13.0. The van der Waals surface area contributed by atoms with Crippen molar-refractivity contribution in [2.45, 2.75) is 12.8 Å². The normalized spacial score (nSPS) is 11.2. The lowest BCUT2D eigenvalue weighted by molar-refractivity contribution is -0.136. The molecule has 0 amide bonds. The van der Waals surface area contributed by atoms with Crippen LogP contribution in [-0.2, 0) is 11.2 Å². The molecule has 5 aromatic rings. The Morgan fingerprint density at radius 1 is 0.722 bits per heavy atom. The predicted octanol–water partition coefficient (Wildman–Crippen LogP) is 6.56. The standard InChI is InChI=1S/C31H23F2O2P/c32-27-19-26(31-22(17-18-30(34)35)16-15-21-9-7-8-14-25(21)31)29(20-28(27)33)36(23-10-3-1-4-11-23)24-12-5-2-6-13-24/h1-16,19-20H,17-18H2,(H,34,35). The molecule has 5 heteroatoms. The van der Waals surface area contributed by atoms with Crippen molar-refractivity contribution in [1.29, 1.82) is 0 Å². The van der Waals surface area contributed by atoms with Crippen molar-refractivity contribution in [2.24, 2.45) is 0 Å². The van der Waals surface area contributed by atoms with E-state index in [1.807, 2.05) is 97.1 Å².